The lowest BCUT2D eigenvalue weighted by Crippen LogP contribution is -2.36. The number of rotatable bonds is 9. The Hall–Kier alpha value is -3.31. The van der Waals surface area contributed by atoms with Crippen molar-refractivity contribution in [3.05, 3.63) is 47.4 Å². The third-order valence-electron chi connectivity index (χ3n) is 6.71. The van der Waals surface area contributed by atoms with Crippen LogP contribution in [0.2, 0.25) is 0 Å². The lowest BCUT2D eigenvalue weighted by atomic mass is 9.88. The van der Waals surface area contributed by atoms with Crippen molar-refractivity contribution >= 4 is 38.2 Å². The molecule has 11 heteroatoms. The summed E-state index contributed by atoms with van der Waals surface area (Å²) in [6.45, 7) is 9.48. The Bertz CT molecular complexity index is 1490. The summed E-state index contributed by atoms with van der Waals surface area (Å²) < 4.78 is 34.6. The van der Waals surface area contributed by atoms with Gasteiger partial charge in [0.15, 0.2) is 0 Å². The van der Waals surface area contributed by atoms with Gasteiger partial charge in [0.25, 0.3) is 0 Å². The van der Waals surface area contributed by atoms with Crippen LogP contribution in [-0.4, -0.2) is 53.1 Å². The number of hydrogen-bond donors (Lipinski definition) is 2. The van der Waals surface area contributed by atoms with Gasteiger partial charge in [-0.1, -0.05) is 6.92 Å². The highest BCUT2D eigenvalue weighted by Crippen LogP contribution is 2.35. The van der Waals surface area contributed by atoms with Gasteiger partial charge < -0.3 is 20.5 Å². The number of sulfone groups is 1. The Morgan fingerprint density at radius 3 is 2.63 bits per heavy atom. The van der Waals surface area contributed by atoms with Crippen LogP contribution in [-0.2, 0) is 26.5 Å². The summed E-state index contributed by atoms with van der Waals surface area (Å²) in [6.07, 6.45) is 5.74. The molecule has 0 aromatic carbocycles. The lowest BCUT2D eigenvalue weighted by Gasteiger charge is -2.30. The first-order chi connectivity index (χ1) is 17.7. The number of pyridine rings is 3. The first kappa shape index (κ1) is 27.7. The van der Waals surface area contributed by atoms with Crippen molar-refractivity contribution in [3.63, 3.8) is 0 Å². The number of aromatic nitrogens is 3. The van der Waals surface area contributed by atoms with E-state index in [4.69, 9.17) is 15.2 Å². The van der Waals surface area contributed by atoms with Crippen LogP contribution in [0.4, 0.5) is 11.6 Å². The Kier molecular flexibility index (Phi) is 7.37. The van der Waals surface area contributed by atoms with Crippen molar-refractivity contribution in [2.24, 2.45) is 5.73 Å². The van der Waals surface area contributed by atoms with E-state index in [2.05, 4.69) is 20.3 Å². The van der Waals surface area contributed by atoms with Crippen LogP contribution in [0.5, 0.6) is 5.88 Å². The number of carbonyl (C=O) groups is 1. The second-order valence-electron chi connectivity index (χ2n) is 10.9. The van der Waals surface area contributed by atoms with Crippen LogP contribution >= 0.6 is 0 Å². The van der Waals surface area contributed by atoms with Gasteiger partial charge in [-0.3, -0.25) is 0 Å². The first-order valence-electron chi connectivity index (χ1n) is 12.6. The molecule has 0 saturated carbocycles. The molecule has 1 unspecified atom stereocenters. The van der Waals surface area contributed by atoms with E-state index >= 15 is 0 Å². The number of fused-ring (bicyclic) bond motifs is 2. The number of esters is 1. The molecule has 0 saturated heterocycles. The molecule has 4 rings (SSSR count). The molecular formula is C27H35N5O5S. The number of cyclic esters (lactones) is 1. The molecule has 3 aromatic rings. The highest BCUT2D eigenvalue weighted by atomic mass is 32.2. The van der Waals surface area contributed by atoms with Gasteiger partial charge in [0.1, 0.15) is 27.1 Å². The largest absolute Gasteiger partial charge is 0.474 e. The molecule has 0 radical (unpaired) electrons. The predicted molar refractivity (Wildman–Crippen MR) is 147 cm³/mol. The molecule has 204 valence electrons. The molecule has 4 heterocycles. The van der Waals surface area contributed by atoms with Crippen molar-refractivity contribution in [2.45, 2.75) is 71.1 Å². The molecule has 0 aliphatic carbocycles. The number of ether oxygens (including phenoxy) is 2. The number of nitrogens with two attached hydrogens (primary N) is 1. The highest BCUT2D eigenvalue weighted by molar-refractivity contribution is 7.90. The van der Waals surface area contributed by atoms with E-state index in [9.17, 15) is 13.2 Å². The standard InChI is InChI=1S/C27H35N5O5S/c1-7-27(5,28)20-15-30-24(36-16(2)10-11-38(6,34)35)19-14-29-23(12-18(19)20)32-22-9-8-17-21(31-22)13-26(3,4)37-25(17)33/h8-9,12,14-16H,7,10-11,13,28H2,1-6H3,(H,29,31,32)/t16-,27?/m1/s1. The van der Waals surface area contributed by atoms with Crippen molar-refractivity contribution in [1.29, 1.82) is 0 Å². The Labute approximate surface area is 223 Å². The van der Waals surface area contributed by atoms with Gasteiger partial charge in [-0.15, -0.1) is 0 Å². The number of hydrogen-bond acceptors (Lipinski definition) is 10. The summed E-state index contributed by atoms with van der Waals surface area (Å²) in [5.74, 6) is 1.10. The van der Waals surface area contributed by atoms with E-state index in [1.807, 2.05) is 40.7 Å². The van der Waals surface area contributed by atoms with E-state index in [0.29, 0.717) is 53.4 Å². The topological polar surface area (TPSA) is 146 Å². The maximum absolute atomic E-state index is 12.3. The summed E-state index contributed by atoms with van der Waals surface area (Å²) in [5, 5.41) is 4.73. The number of carbonyl (C=O) groups excluding carboxylic acids is 1. The Morgan fingerprint density at radius 2 is 1.95 bits per heavy atom. The minimum Gasteiger partial charge on any atom is -0.474 e. The normalized spacial score (nSPS) is 17.3. The quantitative estimate of drug-likeness (QED) is 0.380. The molecule has 3 N–H and O–H groups in total. The molecule has 1 aliphatic heterocycles. The first-order valence-corrected chi connectivity index (χ1v) is 14.7. The van der Waals surface area contributed by atoms with Crippen molar-refractivity contribution in [3.8, 4) is 5.88 Å². The molecular weight excluding hydrogens is 506 g/mol. The average molecular weight is 542 g/mol. The van der Waals surface area contributed by atoms with E-state index in [0.717, 1.165) is 10.9 Å². The minimum atomic E-state index is -3.10. The Morgan fingerprint density at radius 1 is 1.21 bits per heavy atom. The second-order valence-corrected chi connectivity index (χ2v) is 13.1. The molecule has 38 heavy (non-hydrogen) atoms. The summed E-state index contributed by atoms with van der Waals surface area (Å²) in [5.41, 5.74) is 7.31. The SMILES string of the molecule is CCC(C)(N)c1cnc(O[C@H](C)CCS(C)(=O)=O)c2cnc(Nc3ccc4c(n3)CC(C)(C)OC4=O)cc12. The summed E-state index contributed by atoms with van der Waals surface area (Å²) in [6, 6.07) is 5.30. The van der Waals surface area contributed by atoms with Crippen molar-refractivity contribution < 1.29 is 22.7 Å². The molecule has 0 fully saturated rings. The maximum atomic E-state index is 12.3. The average Bonchev–Trinajstić information content (AvgIpc) is 2.81. The van der Waals surface area contributed by atoms with Crippen LogP contribution in [0.3, 0.4) is 0 Å². The van der Waals surface area contributed by atoms with Crippen LogP contribution in [0.15, 0.2) is 30.6 Å². The fourth-order valence-corrected chi connectivity index (χ4v) is 5.08. The molecule has 0 bridgehead atoms. The molecule has 0 spiro atoms. The zero-order valence-electron chi connectivity index (χ0n) is 22.7. The predicted octanol–water partition coefficient (Wildman–Crippen LogP) is 4.05. The van der Waals surface area contributed by atoms with Crippen molar-refractivity contribution in [2.75, 3.05) is 17.3 Å². The Balaban J connectivity index is 1.69. The van der Waals surface area contributed by atoms with Crippen LogP contribution in [0.25, 0.3) is 10.8 Å². The molecule has 0 amide bonds. The van der Waals surface area contributed by atoms with E-state index in [1.165, 1.54) is 6.26 Å². The molecule has 1 aliphatic rings. The molecule has 10 nitrogen and oxygen atoms in total. The lowest BCUT2D eigenvalue weighted by molar-refractivity contribution is -0.00714. The zero-order valence-corrected chi connectivity index (χ0v) is 23.5. The fourth-order valence-electron chi connectivity index (χ4n) is 4.32. The van der Waals surface area contributed by atoms with E-state index in [1.54, 1.807) is 24.5 Å². The van der Waals surface area contributed by atoms with Crippen LogP contribution < -0.4 is 15.8 Å². The van der Waals surface area contributed by atoms with Gasteiger partial charge in [-0.05, 0) is 69.7 Å². The highest BCUT2D eigenvalue weighted by Gasteiger charge is 2.33. The van der Waals surface area contributed by atoms with E-state index in [-0.39, 0.29) is 17.8 Å². The fraction of sp³-hybridized carbons (Fsp3) is 0.481. The smallest absolute Gasteiger partial charge is 0.340 e. The zero-order chi connectivity index (χ0) is 27.9. The van der Waals surface area contributed by atoms with Gasteiger partial charge in [-0.2, -0.15) is 0 Å². The monoisotopic (exact) mass is 541 g/mol. The number of nitrogens with one attached hydrogen (secondary N) is 1. The summed E-state index contributed by atoms with van der Waals surface area (Å²) >= 11 is 0. The third-order valence-corrected chi connectivity index (χ3v) is 7.68. The third kappa shape index (κ3) is 6.21. The molecule has 3 aromatic heterocycles. The van der Waals surface area contributed by atoms with Crippen LogP contribution in [0.1, 0.15) is 69.1 Å². The second kappa shape index (κ2) is 10.1. The van der Waals surface area contributed by atoms with Gasteiger partial charge in [0, 0.05) is 30.6 Å². The van der Waals surface area contributed by atoms with Crippen LogP contribution in [0, 0.1) is 0 Å². The van der Waals surface area contributed by atoms with E-state index < -0.39 is 21.0 Å². The van der Waals surface area contributed by atoms with Gasteiger partial charge in [0.2, 0.25) is 5.88 Å². The maximum Gasteiger partial charge on any atom is 0.340 e. The van der Waals surface area contributed by atoms with Gasteiger partial charge in [0.05, 0.1) is 28.5 Å². The van der Waals surface area contributed by atoms with Crippen molar-refractivity contribution in [1.82, 2.24) is 15.0 Å². The minimum absolute atomic E-state index is 0.0237. The van der Waals surface area contributed by atoms with Gasteiger partial charge in [-0.25, -0.2) is 28.2 Å². The summed E-state index contributed by atoms with van der Waals surface area (Å²) in [7, 11) is -3.10. The van der Waals surface area contributed by atoms with Gasteiger partial charge >= 0.3 is 5.97 Å². The summed E-state index contributed by atoms with van der Waals surface area (Å²) in [4.78, 5) is 26.1. The molecule has 2 atom stereocenters. The number of anilines is 2. The number of nitrogens with zero attached hydrogens (tertiary/aromatic N) is 3.